The van der Waals surface area contributed by atoms with Gasteiger partial charge in [-0.3, -0.25) is 4.79 Å². The van der Waals surface area contributed by atoms with Crippen LogP contribution in [0.3, 0.4) is 0 Å². The van der Waals surface area contributed by atoms with Crippen LogP contribution in [0.15, 0.2) is 58.1 Å². The lowest BCUT2D eigenvalue weighted by Crippen LogP contribution is -2.50. The minimum absolute atomic E-state index is 0.148. The van der Waals surface area contributed by atoms with Gasteiger partial charge in [-0.25, -0.2) is 8.42 Å². The van der Waals surface area contributed by atoms with Crippen molar-refractivity contribution in [3.05, 3.63) is 60.1 Å². The van der Waals surface area contributed by atoms with Crippen LogP contribution in [-0.4, -0.2) is 49.7 Å². The van der Waals surface area contributed by atoms with Gasteiger partial charge in [-0.1, -0.05) is 26.0 Å². The lowest BCUT2D eigenvalue weighted by molar-refractivity contribution is -0.127. The summed E-state index contributed by atoms with van der Waals surface area (Å²) >= 11 is 0. The number of benzene rings is 1. The summed E-state index contributed by atoms with van der Waals surface area (Å²) in [5.41, 5.74) is 1.10. The van der Waals surface area contributed by atoms with Crippen molar-refractivity contribution in [2.75, 3.05) is 26.2 Å². The van der Waals surface area contributed by atoms with Crippen LogP contribution < -0.4 is 0 Å². The normalized spacial score (nSPS) is 16.3. The monoisotopic (exact) mass is 388 g/mol. The Bertz CT molecular complexity index is 892. The average Bonchev–Trinajstić information content (AvgIpc) is 3.20. The van der Waals surface area contributed by atoms with E-state index >= 15 is 0 Å². The highest BCUT2D eigenvalue weighted by Gasteiger charge is 2.29. The molecule has 6 nitrogen and oxygen atoms in total. The Kier molecular flexibility index (Phi) is 5.82. The third kappa shape index (κ3) is 4.48. The van der Waals surface area contributed by atoms with Crippen molar-refractivity contribution >= 4 is 22.0 Å². The Morgan fingerprint density at radius 2 is 1.74 bits per heavy atom. The zero-order valence-electron chi connectivity index (χ0n) is 15.5. The van der Waals surface area contributed by atoms with Crippen molar-refractivity contribution in [3.63, 3.8) is 0 Å². The fourth-order valence-electron chi connectivity index (χ4n) is 2.97. The predicted octanol–water partition coefficient (Wildman–Crippen LogP) is 2.95. The molecule has 1 aliphatic rings. The minimum Gasteiger partial charge on any atom is -0.465 e. The van der Waals surface area contributed by atoms with Crippen molar-refractivity contribution in [1.29, 1.82) is 0 Å². The highest BCUT2D eigenvalue weighted by atomic mass is 32.2. The van der Waals surface area contributed by atoms with Gasteiger partial charge in [0.1, 0.15) is 5.76 Å². The SMILES string of the molecule is CC(C)c1ccc(S(=O)(=O)N2CCN(C(=O)/C=C/c3ccco3)CC2)cc1. The van der Waals surface area contributed by atoms with Gasteiger partial charge in [0.25, 0.3) is 0 Å². The maximum Gasteiger partial charge on any atom is 0.246 e. The lowest BCUT2D eigenvalue weighted by Gasteiger charge is -2.33. The second kappa shape index (κ2) is 8.10. The molecule has 1 aromatic heterocycles. The fraction of sp³-hybridized carbons (Fsp3) is 0.350. The van der Waals surface area contributed by atoms with E-state index in [9.17, 15) is 13.2 Å². The largest absolute Gasteiger partial charge is 0.465 e. The van der Waals surface area contributed by atoms with E-state index in [1.165, 1.54) is 10.4 Å². The molecule has 1 amide bonds. The van der Waals surface area contributed by atoms with Gasteiger partial charge in [0.05, 0.1) is 11.2 Å². The van der Waals surface area contributed by atoms with Crippen LogP contribution >= 0.6 is 0 Å². The summed E-state index contributed by atoms with van der Waals surface area (Å²) in [4.78, 5) is 14.2. The molecule has 0 aliphatic carbocycles. The van der Waals surface area contributed by atoms with Crippen LogP contribution in [0.25, 0.3) is 6.08 Å². The molecule has 7 heteroatoms. The smallest absolute Gasteiger partial charge is 0.246 e. The average molecular weight is 388 g/mol. The van der Waals surface area contributed by atoms with E-state index in [1.54, 1.807) is 41.5 Å². The zero-order valence-corrected chi connectivity index (χ0v) is 16.4. The molecule has 1 fully saturated rings. The van der Waals surface area contributed by atoms with Gasteiger partial charge in [0.2, 0.25) is 15.9 Å². The van der Waals surface area contributed by atoms with Gasteiger partial charge in [-0.2, -0.15) is 4.31 Å². The summed E-state index contributed by atoms with van der Waals surface area (Å²) in [6.07, 6.45) is 4.61. The molecule has 0 N–H and O–H groups in total. The zero-order chi connectivity index (χ0) is 19.4. The quantitative estimate of drug-likeness (QED) is 0.739. The molecular weight excluding hydrogens is 364 g/mol. The molecule has 0 unspecified atom stereocenters. The van der Waals surface area contributed by atoms with Crippen LogP contribution in [0, 0.1) is 0 Å². The highest BCUT2D eigenvalue weighted by Crippen LogP contribution is 2.21. The molecule has 1 aliphatic heterocycles. The van der Waals surface area contributed by atoms with Crippen LogP contribution in [0.2, 0.25) is 0 Å². The Morgan fingerprint density at radius 1 is 1.07 bits per heavy atom. The lowest BCUT2D eigenvalue weighted by atomic mass is 10.0. The van der Waals surface area contributed by atoms with E-state index in [4.69, 9.17) is 4.42 Å². The van der Waals surface area contributed by atoms with Crippen molar-refractivity contribution in [2.24, 2.45) is 0 Å². The molecule has 0 bridgehead atoms. The van der Waals surface area contributed by atoms with E-state index in [-0.39, 0.29) is 19.0 Å². The van der Waals surface area contributed by atoms with Gasteiger partial charge in [0, 0.05) is 32.3 Å². The minimum atomic E-state index is -3.54. The Labute approximate surface area is 160 Å². The Hall–Kier alpha value is -2.38. The van der Waals surface area contributed by atoms with E-state index in [0.29, 0.717) is 29.7 Å². The topological polar surface area (TPSA) is 70.8 Å². The first-order valence-electron chi connectivity index (χ1n) is 8.98. The summed E-state index contributed by atoms with van der Waals surface area (Å²) in [5.74, 6) is 0.810. The molecule has 3 rings (SSSR count). The van der Waals surface area contributed by atoms with Crippen molar-refractivity contribution in [3.8, 4) is 0 Å². The van der Waals surface area contributed by atoms with Gasteiger partial charge >= 0.3 is 0 Å². The fourth-order valence-corrected chi connectivity index (χ4v) is 4.39. The number of rotatable bonds is 5. The number of hydrogen-bond donors (Lipinski definition) is 0. The van der Waals surface area contributed by atoms with E-state index in [0.717, 1.165) is 5.56 Å². The Morgan fingerprint density at radius 3 is 2.30 bits per heavy atom. The second-order valence-corrected chi connectivity index (χ2v) is 8.74. The summed E-state index contributed by atoms with van der Waals surface area (Å²) in [6.45, 7) is 5.44. The maximum atomic E-state index is 12.8. The second-order valence-electron chi connectivity index (χ2n) is 6.80. The van der Waals surface area contributed by atoms with Gasteiger partial charge in [-0.15, -0.1) is 0 Å². The molecule has 144 valence electrons. The molecule has 1 saturated heterocycles. The first-order chi connectivity index (χ1) is 12.9. The van der Waals surface area contributed by atoms with E-state index in [1.807, 2.05) is 12.1 Å². The highest BCUT2D eigenvalue weighted by molar-refractivity contribution is 7.89. The number of carbonyl (C=O) groups excluding carboxylic acids is 1. The van der Waals surface area contributed by atoms with Crippen LogP contribution in [0.5, 0.6) is 0 Å². The van der Waals surface area contributed by atoms with Crippen molar-refractivity contribution in [2.45, 2.75) is 24.7 Å². The Balaban J connectivity index is 1.61. The van der Waals surface area contributed by atoms with Crippen molar-refractivity contribution < 1.29 is 17.6 Å². The summed E-state index contributed by atoms with van der Waals surface area (Å²) < 4.78 is 32.2. The molecule has 0 radical (unpaired) electrons. The summed E-state index contributed by atoms with van der Waals surface area (Å²) in [6, 6.07) is 10.6. The third-order valence-electron chi connectivity index (χ3n) is 4.67. The van der Waals surface area contributed by atoms with Gasteiger partial charge in [-0.05, 0) is 41.8 Å². The number of piperazine rings is 1. The molecule has 0 atom stereocenters. The maximum absolute atomic E-state index is 12.8. The predicted molar refractivity (Wildman–Crippen MR) is 104 cm³/mol. The van der Waals surface area contributed by atoms with Crippen LogP contribution in [0.1, 0.15) is 31.1 Å². The third-order valence-corrected chi connectivity index (χ3v) is 6.58. The summed E-state index contributed by atoms with van der Waals surface area (Å²) in [5, 5.41) is 0. The number of hydrogen-bond acceptors (Lipinski definition) is 4. The first-order valence-corrected chi connectivity index (χ1v) is 10.4. The molecule has 27 heavy (non-hydrogen) atoms. The van der Waals surface area contributed by atoms with Gasteiger partial charge in [0.15, 0.2) is 0 Å². The van der Waals surface area contributed by atoms with Gasteiger partial charge < -0.3 is 9.32 Å². The van der Waals surface area contributed by atoms with Crippen LogP contribution in [-0.2, 0) is 14.8 Å². The molecule has 0 spiro atoms. The molecule has 1 aromatic carbocycles. The number of furan rings is 1. The standard InChI is InChI=1S/C20H24N2O4S/c1-16(2)17-5-8-19(9-6-17)27(24,25)22-13-11-21(12-14-22)20(23)10-7-18-4-3-15-26-18/h3-10,15-16H,11-14H2,1-2H3/b10-7+. The van der Waals surface area contributed by atoms with E-state index < -0.39 is 10.0 Å². The first kappa shape index (κ1) is 19.4. The number of amides is 1. The molecule has 2 heterocycles. The van der Waals surface area contributed by atoms with Crippen LogP contribution in [0.4, 0.5) is 0 Å². The molecule has 0 saturated carbocycles. The van der Waals surface area contributed by atoms with Crippen molar-refractivity contribution in [1.82, 2.24) is 9.21 Å². The molecule has 2 aromatic rings. The number of carbonyl (C=O) groups is 1. The molecular formula is C20H24N2O4S. The number of sulfonamides is 1. The number of nitrogens with zero attached hydrogens (tertiary/aromatic N) is 2. The van der Waals surface area contributed by atoms with E-state index in [2.05, 4.69) is 13.8 Å². The summed E-state index contributed by atoms with van der Waals surface area (Å²) in [7, 11) is -3.54.